The van der Waals surface area contributed by atoms with Gasteiger partial charge < -0.3 is 9.42 Å². The molecule has 23 heavy (non-hydrogen) atoms. The van der Waals surface area contributed by atoms with E-state index < -0.39 is 10.0 Å². The van der Waals surface area contributed by atoms with E-state index in [0.29, 0.717) is 37.6 Å². The Morgan fingerprint density at radius 3 is 2.48 bits per heavy atom. The number of anilines is 1. The van der Waals surface area contributed by atoms with Gasteiger partial charge in [0.15, 0.2) is 0 Å². The Morgan fingerprint density at radius 2 is 1.87 bits per heavy atom. The smallest absolute Gasteiger partial charge is 0.220 e. The van der Waals surface area contributed by atoms with Crippen molar-refractivity contribution >= 4 is 15.7 Å². The minimum atomic E-state index is -3.35. The molecule has 1 aliphatic rings. The Hall–Kier alpha value is -1.86. The summed E-state index contributed by atoms with van der Waals surface area (Å²) in [6, 6.07) is 9.95. The van der Waals surface area contributed by atoms with Crippen molar-refractivity contribution in [1.29, 1.82) is 0 Å². The highest BCUT2D eigenvalue weighted by atomic mass is 32.2. The lowest BCUT2D eigenvalue weighted by Gasteiger charge is -2.35. The van der Waals surface area contributed by atoms with Gasteiger partial charge in [-0.3, -0.25) is 0 Å². The van der Waals surface area contributed by atoms with E-state index in [0.717, 1.165) is 5.69 Å². The van der Waals surface area contributed by atoms with E-state index in [1.165, 1.54) is 5.56 Å². The number of benzene rings is 1. The third kappa shape index (κ3) is 3.73. The average molecular weight is 335 g/mol. The molecule has 0 aliphatic carbocycles. The molecule has 0 amide bonds. The normalized spacial score (nSPS) is 16.7. The molecule has 1 aliphatic heterocycles. The average Bonchev–Trinajstić information content (AvgIpc) is 2.92. The maximum atomic E-state index is 12.5. The minimum Gasteiger partial charge on any atom is -0.369 e. The van der Waals surface area contributed by atoms with Gasteiger partial charge in [-0.25, -0.2) is 8.42 Å². The quantitative estimate of drug-likeness (QED) is 0.854. The molecular formula is C16H21N3O3S. The second-order valence-electron chi connectivity index (χ2n) is 5.91. The third-order valence-electron chi connectivity index (χ3n) is 4.01. The third-order valence-corrected chi connectivity index (χ3v) is 5.82. The van der Waals surface area contributed by atoms with Crippen LogP contribution in [-0.4, -0.2) is 44.1 Å². The molecule has 0 saturated carbocycles. The molecule has 1 saturated heterocycles. The number of rotatable bonds is 4. The van der Waals surface area contributed by atoms with Crippen LogP contribution < -0.4 is 4.90 Å². The van der Waals surface area contributed by atoms with Gasteiger partial charge in [0.1, 0.15) is 17.2 Å². The maximum absolute atomic E-state index is 12.5. The van der Waals surface area contributed by atoms with E-state index in [2.05, 4.69) is 35.2 Å². The van der Waals surface area contributed by atoms with Crippen LogP contribution in [-0.2, 0) is 15.8 Å². The molecule has 2 aromatic rings. The fourth-order valence-electron chi connectivity index (χ4n) is 2.81. The van der Waals surface area contributed by atoms with Gasteiger partial charge in [-0.05, 0) is 31.5 Å². The predicted octanol–water partition coefficient (Wildman–Crippen LogP) is 1.94. The molecule has 1 fully saturated rings. The van der Waals surface area contributed by atoms with Gasteiger partial charge in [-0.2, -0.15) is 4.31 Å². The highest BCUT2D eigenvalue weighted by Crippen LogP contribution is 2.20. The van der Waals surface area contributed by atoms with E-state index in [1.54, 1.807) is 17.3 Å². The number of hydrogen-bond donors (Lipinski definition) is 0. The molecule has 1 aromatic carbocycles. The summed E-state index contributed by atoms with van der Waals surface area (Å²) in [6.45, 7) is 6.19. The molecule has 2 heterocycles. The first-order valence-electron chi connectivity index (χ1n) is 7.66. The summed E-state index contributed by atoms with van der Waals surface area (Å²) in [6.07, 6.45) is 0. The number of piperazine rings is 1. The Morgan fingerprint density at radius 1 is 1.13 bits per heavy atom. The monoisotopic (exact) mass is 335 g/mol. The standard InChI is InChI=1S/C16H21N3O3S/c1-13-4-3-5-16(10-13)18-6-8-19(9-7-18)23(20,21)12-15-11-14(2)22-17-15/h3-5,10-11H,6-9,12H2,1-2H3. The SMILES string of the molecule is Cc1cccc(N2CCN(S(=O)(=O)Cc3cc(C)on3)CC2)c1. The lowest BCUT2D eigenvalue weighted by atomic mass is 10.2. The van der Waals surface area contributed by atoms with Crippen LogP contribution >= 0.6 is 0 Å². The molecule has 1 aromatic heterocycles. The molecular weight excluding hydrogens is 314 g/mol. The van der Waals surface area contributed by atoms with Crippen LogP contribution in [0.2, 0.25) is 0 Å². The molecule has 0 spiro atoms. The zero-order chi connectivity index (χ0) is 16.4. The first-order valence-corrected chi connectivity index (χ1v) is 9.26. The van der Waals surface area contributed by atoms with E-state index in [-0.39, 0.29) is 5.75 Å². The van der Waals surface area contributed by atoms with Crippen molar-refractivity contribution in [1.82, 2.24) is 9.46 Å². The van der Waals surface area contributed by atoms with E-state index in [1.807, 2.05) is 6.07 Å². The van der Waals surface area contributed by atoms with Crippen LogP contribution in [0.25, 0.3) is 0 Å². The zero-order valence-corrected chi connectivity index (χ0v) is 14.2. The Bertz CT molecular complexity index is 777. The van der Waals surface area contributed by atoms with Crippen LogP contribution in [0.3, 0.4) is 0 Å². The van der Waals surface area contributed by atoms with Gasteiger partial charge in [-0.1, -0.05) is 17.3 Å². The molecule has 124 valence electrons. The second-order valence-corrected chi connectivity index (χ2v) is 7.88. The fourth-order valence-corrected chi connectivity index (χ4v) is 4.23. The van der Waals surface area contributed by atoms with Crippen LogP contribution in [0, 0.1) is 13.8 Å². The number of sulfonamides is 1. The molecule has 0 atom stereocenters. The Kier molecular flexibility index (Phi) is 4.41. The number of aryl methyl sites for hydroxylation is 2. The highest BCUT2D eigenvalue weighted by Gasteiger charge is 2.28. The fraction of sp³-hybridized carbons (Fsp3) is 0.438. The summed E-state index contributed by atoms with van der Waals surface area (Å²) in [5.41, 5.74) is 2.82. The predicted molar refractivity (Wildman–Crippen MR) is 88.8 cm³/mol. The van der Waals surface area contributed by atoms with Crippen LogP contribution in [0.1, 0.15) is 17.0 Å². The molecule has 0 radical (unpaired) electrons. The van der Waals surface area contributed by atoms with Crippen molar-refractivity contribution in [3.8, 4) is 0 Å². The summed E-state index contributed by atoms with van der Waals surface area (Å²) < 4.78 is 31.5. The van der Waals surface area contributed by atoms with Crippen molar-refractivity contribution in [2.45, 2.75) is 19.6 Å². The van der Waals surface area contributed by atoms with Crippen molar-refractivity contribution in [3.63, 3.8) is 0 Å². The van der Waals surface area contributed by atoms with E-state index in [9.17, 15) is 8.42 Å². The van der Waals surface area contributed by atoms with Gasteiger partial charge in [0.05, 0.1) is 0 Å². The van der Waals surface area contributed by atoms with Crippen molar-refractivity contribution in [3.05, 3.63) is 47.3 Å². The summed E-state index contributed by atoms with van der Waals surface area (Å²) in [5.74, 6) is 0.522. The number of hydrogen-bond acceptors (Lipinski definition) is 5. The Labute approximate surface area is 136 Å². The first kappa shape index (κ1) is 16.0. The molecule has 0 N–H and O–H groups in total. The molecule has 3 rings (SSSR count). The summed E-state index contributed by atoms with van der Waals surface area (Å²) in [7, 11) is -3.35. The topological polar surface area (TPSA) is 66.7 Å². The van der Waals surface area contributed by atoms with Crippen molar-refractivity contribution in [2.24, 2.45) is 0 Å². The van der Waals surface area contributed by atoms with Crippen molar-refractivity contribution in [2.75, 3.05) is 31.1 Å². The summed E-state index contributed by atoms with van der Waals surface area (Å²) >= 11 is 0. The lowest BCUT2D eigenvalue weighted by Crippen LogP contribution is -2.49. The zero-order valence-electron chi connectivity index (χ0n) is 13.4. The molecule has 0 bridgehead atoms. The lowest BCUT2D eigenvalue weighted by molar-refractivity contribution is 0.378. The van der Waals surface area contributed by atoms with Crippen LogP contribution in [0.15, 0.2) is 34.9 Å². The number of nitrogens with zero attached hydrogens (tertiary/aromatic N) is 3. The molecule has 7 heteroatoms. The first-order chi connectivity index (χ1) is 10.9. The molecule has 6 nitrogen and oxygen atoms in total. The second kappa shape index (κ2) is 6.33. The minimum absolute atomic E-state index is 0.102. The summed E-state index contributed by atoms with van der Waals surface area (Å²) in [4.78, 5) is 2.22. The Balaban J connectivity index is 1.64. The van der Waals surface area contributed by atoms with Gasteiger partial charge in [0.2, 0.25) is 10.0 Å². The van der Waals surface area contributed by atoms with Gasteiger partial charge in [-0.15, -0.1) is 0 Å². The largest absolute Gasteiger partial charge is 0.369 e. The molecule has 0 unspecified atom stereocenters. The van der Waals surface area contributed by atoms with Crippen molar-refractivity contribution < 1.29 is 12.9 Å². The summed E-state index contributed by atoms with van der Waals surface area (Å²) in [5, 5.41) is 3.78. The van der Waals surface area contributed by atoms with Crippen LogP contribution in [0.5, 0.6) is 0 Å². The van der Waals surface area contributed by atoms with Gasteiger partial charge in [0, 0.05) is 37.9 Å². The highest BCUT2D eigenvalue weighted by molar-refractivity contribution is 7.88. The van der Waals surface area contributed by atoms with E-state index in [4.69, 9.17) is 4.52 Å². The van der Waals surface area contributed by atoms with E-state index >= 15 is 0 Å². The number of aromatic nitrogens is 1. The van der Waals surface area contributed by atoms with Gasteiger partial charge >= 0.3 is 0 Å². The van der Waals surface area contributed by atoms with Gasteiger partial charge in [0.25, 0.3) is 0 Å². The maximum Gasteiger partial charge on any atom is 0.220 e. The van der Waals surface area contributed by atoms with Crippen LogP contribution in [0.4, 0.5) is 5.69 Å².